The SMILES string of the molecule is CCOc1cc2oc(=O)c3c4cc(O)c(O)cc4oc3c2c(OCC)c1[N+](=O)[O-]. The Morgan fingerprint density at radius 2 is 1.69 bits per heavy atom. The van der Waals surface area contributed by atoms with Gasteiger partial charge in [0.15, 0.2) is 17.1 Å². The maximum atomic E-state index is 12.6. The monoisotopic (exact) mass is 401 g/mol. The van der Waals surface area contributed by atoms with Gasteiger partial charge in [0.05, 0.1) is 18.1 Å². The van der Waals surface area contributed by atoms with Gasteiger partial charge in [-0.25, -0.2) is 4.79 Å². The van der Waals surface area contributed by atoms with Crippen molar-refractivity contribution in [2.45, 2.75) is 13.8 Å². The van der Waals surface area contributed by atoms with E-state index in [4.69, 9.17) is 18.3 Å². The maximum Gasteiger partial charge on any atom is 0.353 e. The fourth-order valence-corrected chi connectivity index (χ4v) is 3.27. The Morgan fingerprint density at radius 1 is 1.00 bits per heavy atom. The normalized spacial score (nSPS) is 11.4. The van der Waals surface area contributed by atoms with Gasteiger partial charge in [-0.2, -0.15) is 0 Å². The van der Waals surface area contributed by atoms with E-state index in [-0.39, 0.29) is 57.6 Å². The summed E-state index contributed by atoms with van der Waals surface area (Å²) in [4.78, 5) is 23.7. The highest BCUT2D eigenvalue weighted by Gasteiger charge is 2.31. The third-order valence-electron chi connectivity index (χ3n) is 4.37. The summed E-state index contributed by atoms with van der Waals surface area (Å²) in [5.74, 6) is -1.18. The van der Waals surface area contributed by atoms with E-state index in [1.807, 2.05) is 0 Å². The first-order valence-corrected chi connectivity index (χ1v) is 8.69. The number of nitro groups is 1. The third-order valence-corrected chi connectivity index (χ3v) is 4.37. The number of nitrogens with zero attached hydrogens (tertiary/aromatic N) is 1. The van der Waals surface area contributed by atoms with Gasteiger partial charge in [0.25, 0.3) is 0 Å². The van der Waals surface area contributed by atoms with Gasteiger partial charge >= 0.3 is 11.3 Å². The van der Waals surface area contributed by atoms with Crippen LogP contribution < -0.4 is 15.1 Å². The second kappa shape index (κ2) is 6.59. The van der Waals surface area contributed by atoms with E-state index in [2.05, 4.69) is 0 Å². The smallest absolute Gasteiger partial charge is 0.353 e. The molecule has 0 unspecified atom stereocenters. The first-order chi connectivity index (χ1) is 13.9. The lowest BCUT2D eigenvalue weighted by molar-refractivity contribution is -0.386. The molecule has 0 atom stereocenters. The predicted octanol–water partition coefficient (Wildman–Crippen LogP) is 3.81. The van der Waals surface area contributed by atoms with Crippen molar-refractivity contribution in [1.82, 2.24) is 0 Å². The number of ether oxygens (including phenoxy) is 2. The summed E-state index contributed by atoms with van der Waals surface area (Å²) in [6, 6.07) is 3.53. The van der Waals surface area contributed by atoms with E-state index in [0.717, 1.165) is 12.1 Å². The van der Waals surface area contributed by atoms with Crippen LogP contribution in [0.5, 0.6) is 23.0 Å². The summed E-state index contributed by atoms with van der Waals surface area (Å²) in [5, 5.41) is 31.5. The molecule has 0 aliphatic rings. The number of aromatic hydroxyl groups is 2. The molecule has 2 N–H and O–H groups in total. The van der Waals surface area contributed by atoms with E-state index in [9.17, 15) is 25.1 Å². The van der Waals surface area contributed by atoms with E-state index in [0.29, 0.717) is 0 Å². The van der Waals surface area contributed by atoms with Gasteiger partial charge < -0.3 is 28.5 Å². The number of fused-ring (bicyclic) bond motifs is 5. The zero-order valence-corrected chi connectivity index (χ0v) is 15.3. The summed E-state index contributed by atoms with van der Waals surface area (Å²) < 4.78 is 22.0. The number of benzene rings is 2. The fourth-order valence-electron chi connectivity index (χ4n) is 3.27. The van der Waals surface area contributed by atoms with Gasteiger partial charge in [-0.1, -0.05) is 0 Å². The van der Waals surface area contributed by atoms with E-state index in [1.54, 1.807) is 13.8 Å². The van der Waals surface area contributed by atoms with Crippen molar-refractivity contribution in [3.05, 3.63) is 38.7 Å². The molecule has 29 heavy (non-hydrogen) atoms. The Morgan fingerprint density at radius 3 is 2.34 bits per heavy atom. The minimum atomic E-state index is -0.782. The first-order valence-electron chi connectivity index (χ1n) is 8.69. The quantitative estimate of drug-likeness (QED) is 0.220. The van der Waals surface area contributed by atoms with Crippen LogP contribution >= 0.6 is 0 Å². The van der Waals surface area contributed by atoms with Gasteiger partial charge in [0.1, 0.15) is 21.9 Å². The van der Waals surface area contributed by atoms with Crippen molar-refractivity contribution in [3.8, 4) is 23.0 Å². The molecule has 150 valence electrons. The highest BCUT2D eigenvalue weighted by Crippen LogP contribution is 2.47. The average molecular weight is 401 g/mol. The van der Waals surface area contributed by atoms with Crippen LogP contribution in [-0.4, -0.2) is 28.4 Å². The Bertz CT molecular complexity index is 1350. The number of rotatable bonds is 5. The number of hydrogen-bond acceptors (Lipinski definition) is 9. The summed E-state index contributed by atoms with van der Waals surface area (Å²) in [7, 11) is 0. The van der Waals surface area contributed by atoms with Crippen molar-refractivity contribution in [2.24, 2.45) is 0 Å². The summed E-state index contributed by atoms with van der Waals surface area (Å²) in [5.41, 5.74) is -1.16. The van der Waals surface area contributed by atoms with Gasteiger partial charge in [-0.3, -0.25) is 10.1 Å². The highest BCUT2D eigenvalue weighted by molar-refractivity contribution is 6.16. The number of furan rings is 1. The van der Waals surface area contributed by atoms with Crippen molar-refractivity contribution in [2.75, 3.05) is 13.2 Å². The minimum Gasteiger partial charge on any atom is -0.504 e. The van der Waals surface area contributed by atoms with Crippen molar-refractivity contribution >= 4 is 38.6 Å². The molecule has 0 aliphatic heterocycles. The molecule has 2 heterocycles. The predicted molar refractivity (Wildman–Crippen MR) is 102 cm³/mol. The summed E-state index contributed by atoms with van der Waals surface area (Å²) >= 11 is 0. The molecule has 0 saturated heterocycles. The molecule has 10 heteroatoms. The zero-order valence-electron chi connectivity index (χ0n) is 15.3. The molecule has 0 bridgehead atoms. The van der Waals surface area contributed by atoms with Crippen molar-refractivity contribution in [3.63, 3.8) is 0 Å². The Labute approximate surface area is 161 Å². The van der Waals surface area contributed by atoms with Crippen LogP contribution in [0.4, 0.5) is 5.69 Å². The molecule has 2 aromatic heterocycles. The molecular weight excluding hydrogens is 386 g/mol. The lowest BCUT2D eigenvalue weighted by Gasteiger charge is -2.11. The minimum absolute atomic E-state index is 0.0208. The molecule has 0 amide bonds. The average Bonchev–Trinajstić information content (AvgIpc) is 3.00. The molecule has 2 aromatic carbocycles. The molecule has 4 aromatic rings. The van der Waals surface area contributed by atoms with Gasteiger partial charge in [0.2, 0.25) is 11.5 Å². The van der Waals surface area contributed by atoms with Crippen molar-refractivity contribution in [1.29, 1.82) is 0 Å². The van der Waals surface area contributed by atoms with Crippen LogP contribution in [0.3, 0.4) is 0 Å². The molecule has 4 rings (SSSR count). The highest BCUT2D eigenvalue weighted by atomic mass is 16.6. The Balaban J connectivity index is 2.26. The van der Waals surface area contributed by atoms with Crippen LogP contribution in [0.2, 0.25) is 0 Å². The standard InChI is InChI=1S/C19H15NO9/c1-3-26-13-7-12-15(18(27-4-2)16(13)20(24)25)17-14(19(23)29-12)8-5-9(21)10(22)6-11(8)28-17/h5-7,21-22H,3-4H2,1-2H3. The topological polar surface area (TPSA) is 145 Å². The lowest BCUT2D eigenvalue weighted by atomic mass is 10.1. The van der Waals surface area contributed by atoms with Crippen LogP contribution in [0.1, 0.15) is 13.8 Å². The molecule has 0 fully saturated rings. The molecule has 10 nitrogen and oxygen atoms in total. The van der Waals surface area contributed by atoms with Crippen molar-refractivity contribution < 1.29 is 33.4 Å². The second-order valence-corrected chi connectivity index (χ2v) is 6.08. The molecule has 0 saturated carbocycles. The third kappa shape index (κ3) is 2.68. The van der Waals surface area contributed by atoms with E-state index < -0.39 is 27.7 Å². The number of phenolic OH excluding ortho intramolecular Hbond substituents is 2. The molecule has 0 aliphatic carbocycles. The Kier molecular flexibility index (Phi) is 4.18. The van der Waals surface area contributed by atoms with Crippen LogP contribution in [0.15, 0.2) is 31.8 Å². The maximum absolute atomic E-state index is 12.6. The zero-order chi connectivity index (χ0) is 20.9. The Hall–Kier alpha value is -3.95. The van der Waals surface area contributed by atoms with Gasteiger partial charge in [-0.05, 0) is 19.9 Å². The molecular formula is C19H15NO9. The summed E-state index contributed by atoms with van der Waals surface area (Å²) in [6.07, 6.45) is 0. The number of nitro benzene ring substituents is 1. The van der Waals surface area contributed by atoms with Crippen LogP contribution in [0, 0.1) is 10.1 Å². The number of phenols is 2. The van der Waals surface area contributed by atoms with E-state index in [1.165, 1.54) is 6.07 Å². The number of hydrogen-bond donors (Lipinski definition) is 2. The van der Waals surface area contributed by atoms with Crippen LogP contribution in [-0.2, 0) is 0 Å². The summed E-state index contributed by atoms with van der Waals surface area (Å²) in [6.45, 7) is 3.54. The lowest BCUT2D eigenvalue weighted by Crippen LogP contribution is -2.05. The van der Waals surface area contributed by atoms with Gasteiger partial charge in [0, 0.05) is 17.5 Å². The molecule has 0 spiro atoms. The second-order valence-electron chi connectivity index (χ2n) is 6.08. The molecule has 0 radical (unpaired) electrons. The van der Waals surface area contributed by atoms with E-state index >= 15 is 0 Å². The fraction of sp³-hybridized carbons (Fsp3) is 0.211. The van der Waals surface area contributed by atoms with Gasteiger partial charge in [-0.15, -0.1) is 0 Å². The largest absolute Gasteiger partial charge is 0.504 e. The van der Waals surface area contributed by atoms with Crippen LogP contribution in [0.25, 0.3) is 32.9 Å². The first kappa shape index (κ1) is 18.4.